The highest BCUT2D eigenvalue weighted by atomic mass is 32.2. The Kier molecular flexibility index (Phi) is 8.93. The lowest BCUT2D eigenvalue weighted by Gasteiger charge is -2.33. The highest BCUT2D eigenvalue weighted by Gasteiger charge is 2.34. The van der Waals surface area contributed by atoms with Crippen LogP contribution in [0.2, 0.25) is 0 Å². The van der Waals surface area contributed by atoms with Crippen LogP contribution in [0.5, 0.6) is 11.5 Å². The van der Waals surface area contributed by atoms with Crippen LogP contribution in [0.3, 0.4) is 0 Å². The number of anilines is 1. The van der Waals surface area contributed by atoms with E-state index in [1.165, 1.54) is 42.3 Å². The molecular formula is C29H32FN3O6S. The molecule has 1 heterocycles. The SMILES string of the molecule is CC[C@H](C(=O)NC)N(Cc1cccc(C)c1)C(=O)CN(c1ccc(F)cc1)S(=O)(=O)c1ccc2c(c1)OCCO2. The smallest absolute Gasteiger partial charge is 0.264 e. The van der Waals surface area contributed by atoms with Gasteiger partial charge in [-0.15, -0.1) is 0 Å². The Morgan fingerprint density at radius 3 is 2.35 bits per heavy atom. The number of carbonyl (C=O) groups excluding carboxylic acids is 2. The third kappa shape index (κ3) is 6.36. The molecule has 2 amide bonds. The fraction of sp³-hybridized carbons (Fsp3) is 0.310. The number of halogens is 1. The van der Waals surface area contributed by atoms with Gasteiger partial charge in [0, 0.05) is 19.7 Å². The van der Waals surface area contributed by atoms with Gasteiger partial charge in [0.25, 0.3) is 10.0 Å². The van der Waals surface area contributed by atoms with E-state index in [0.717, 1.165) is 27.6 Å². The first-order valence-corrected chi connectivity index (χ1v) is 14.3. The molecular weight excluding hydrogens is 537 g/mol. The Hall–Kier alpha value is -4.12. The van der Waals surface area contributed by atoms with Crippen molar-refractivity contribution in [3.63, 3.8) is 0 Å². The quantitative estimate of drug-likeness (QED) is 0.400. The molecule has 0 aliphatic carbocycles. The van der Waals surface area contributed by atoms with E-state index < -0.39 is 34.3 Å². The molecule has 0 unspecified atom stereocenters. The predicted octanol–water partition coefficient (Wildman–Crippen LogP) is 3.65. The van der Waals surface area contributed by atoms with Gasteiger partial charge in [-0.05, 0) is 55.3 Å². The first kappa shape index (κ1) is 28.9. The second-order valence-electron chi connectivity index (χ2n) is 9.34. The second kappa shape index (κ2) is 12.4. The number of aryl methyl sites for hydroxylation is 1. The number of carbonyl (C=O) groups is 2. The Labute approximate surface area is 233 Å². The lowest BCUT2D eigenvalue weighted by atomic mass is 10.1. The van der Waals surface area contributed by atoms with Crippen LogP contribution in [0.25, 0.3) is 0 Å². The van der Waals surface area contributed by atoms with Crippen molar-refractivity contribution in [1.82, 2.24) is 10.2 Å². The van der Waals surface area contributed by atoms with Crippen LogP contribution in [0, 0.1) is 12.7 Å². The molecule has 4 rings (SSSR count). The molecule has 0 saturated heterocycles. The molecule has 1 aliphatic rings. The van der Waals surface area contributed by atoms with Gasteiger partial charge < -0.3 is 19.7 Å². The normalized spacial score (nSPS) is 13.3. The summed E-state index contributed by atoms with van der Waals surface area (Å²) in [6, 6.07) is 15.7. The number of fused-ring (bicyclic) bond motifs is 1. The molecule has 1 N–H and O–H groups in total. The molecule has 3 aromatic rings. The van der Waals surface area contributed by atoms with Gasteiger partial charge in [0.2, 0.25) is 11.8 Å². The number of nitrogens with zero attached hydrogens (tertiary/aromatic N) is 2. The topological polar surface area (TPSA) is 105 Å². The molecule has 9 nitrogen and oxygen atoms in total. The number of likely N-dealkylation sites (N-methyl/N-ethyl adjacent to an activating group) is 1. The summed E-state index contributed by atoms with van der Waals surface area (Å²) >= 11 is 0. The predicted molar refractivity (Wildman–Crippen MR) is 148 cm³/mol. The summed E-state index contributed by atoms with van der Waals surface area (Å²) in [7, 11) is -2.86. The van der Waals surface area contributed by atoms with Crippen LogP contribution < -0.4 is 19.1 Å². The van der Waals surface area contributed by atoms with Crippen molar-refractivity contribution in [2.45, 2.75) is 37.8 Å². The molecule has 0 spiro atoms. The van der Waals surface area contributed by atoms with Gasteiger partial charge in [-0.3, -0.25) is 13.9 Å². The summed E-state index contributed by atoms with van der Waals surface area (Å²) in [6.07, 6.45) is 0.308. The van der Waals surface area contributed by atoms with Gasteiger partial charge in [0.05, 0.1) is 10.6 Å². The minimum Gasteiger partial charge on any atom is -0.486 e. The van der Waals surface area contributed by atoms with Crippen molar-refractivity contribution < 1.29 is 31.9 Å². The molecule has 0 fully saturated rings. The van der Waals surface area contributed by atoms with Crippen LogP contribution in [-0.2, 0) is 26.2 Å². The Morgan fingerprint density at radius 2 is 1.70 bits per heavy atom. The van der Waals surface area contributed by atoms with E-state index in [9.17, 15) is 22.4 Å². The molecule has 0 bridgehead atoms. The van der Waals surface area contributed by atoms with Gasteiger partial charge in [-0.1, -0.05) is 36.8 Å². The molecule has 0 saturated carbocycles. The highest BCUT2D eigenvalue weighted by molar-refractivity contribution is 7.92. The van der Waals surface area contributed by atoms with Crippen molar-refractivity contribution in [1.29, 1.82) is 0 Å². The van der Waals surface area contributed by atoms with Crippen LogP contribution >= 0.6 is 0 Å². The minimum atomic E-state index is -4.34. The maximum absolute atomic E-state index is 14.0. The van der Waals surface area contributed by atoms with Gasteiger partial charge in [-0.25, -0.2) is 12.8 Å². The molecule has 11 heteroatoms. The minimum absolute atomic E-state index is 0.0909. The summed E-state index contributed by atoms with van der Waals surface area (Å²) in [5.74, 6) is -0.841. The third-order valence-corrected chi connectivity index (χ3v) is 8.33. The molecule has 0 aromatic heterocycles. The zero-order valence-corrected chi connectivity index (χ0v) is 23.4. The van der Waals surface area contributed by atoms with E-state index in [2.05, 4.69) is 5.32 Å². The Balaban J connectivity index is 1.74. The molecule has 1 atom stereocenters. The fourth-order valence-corrected chi connectivity index (χ4v) is 5.97. The summed E-state index contributed by atoms with van der Waals surface area (Å²) in [4.78, 5) is 28.0. The summed E-state index contributed by atoms with van der Waals surface area (Å²) in [5.41, 5.74) is 1.86. The first-order valence-electron chi connectivity index (χ1n) is 12.9. The maximum Gasteiger partial charge on any atom is 0.264 e. The zero-order valence-electron chi connectivity index (χ0n) is 22.6. The van der Waals surface area contributed by atoms with Gasteiger partial charge >= 0.3 is 0 Å². The van der Waals surface area contributed by atoms with Crippen LogP contribution in [-0.4, -0.2) is 58.0 Å². The molecule has 40 heavy (non-hydrogen) atoms. The number of benzene rings is 3. The molecule has 212 valence electrons. The van der Waals surface area contributed by atoms with E-state index in [1.807, 2.05) is 31.2 Å². The number of hydrogen-bond donors (Lipinski definition) is 1. The number of amides is 2. The number of nitrogens with one attached hydrogen (secondary N) is 1. The molecule has 1 aliphatic heterocycles. The fourth-order valence-electron chi connectivity index (χ4n) is 4.54. The Morgan fingerprint density at radius 1 is 1.00 bits per heavy atom. The van der Waals surface area contributed by atoms with E-state index in [4.69, 9.17) is 9.47 Å². The monoisotopic (exact) mass is 569 g/mol. The lowest BCUT2D eigenvalue weighted by molar-refractivity contribution is -0.140. The third-order valence-electron chi connectivity index (χ3n) is 6.56. The summed E-state index contributed by atoms with van der Waals surface area (Å²) in [6.45, 7) is 3.77. The van der Waals surface area contributed by atoms with Crippen LogP contribution in [0.1, 0.15) is 24.5 Å². The van der Waals surface area contributed by atoms with Crippen molar-refractivity contribution in [2.24, 2.45) is 0 Å². The van der Waals surface area contributed by atoms with E-state index >= 15 is 0 Å². The molecule has 3 aromatic carbocycles. The van der Waals surface area contributed by atoms with Crippen LogP contribution in [0.4, 0.5) is 10.1 Å². The molecule has 0 radical (unpaired) electrons. The number of ether oxygens (including phenoxy) is 2. The summed E-state index contributed by atoms with van der Waals surface area (Å²) < 4.78 is 53.7. The van der Waals surface area contributed by atoms with Gasteiger partial charge in [0.15, 0.2) is 11.5 Å². The number of rotatable bonds is 10. The number of sulfonamides is 1. The van der Waals surface area contributed by atoms with Crippen LogP contribution in [0.15, 0.2) is 71.6 Å². The maximum atomic E-state index is 14.0. The second-order valence-corrected chi connectivity index (χ2v) is 11.2. The van der Waals surface area contributed by atoms with E-state index in [0.29, 0.717) is 18.8 Å². The first-order chi connectivity index (χ1) is 19.1. The largest absolute Gasteiger partial charge is 0.486 e. The standard InChI is InChI=1S/C29H32FN3O6S/c1-4-25(29(35)31-3)32(18-21-7-5-6-20(2)16-21)28(34)19-33(23-10-8-22(30)9-11-23)40(36,37)24-12-13-26-27(17-24)39-15-14-38-26/h5-13,16-17,25H,4,14-15,18-19H2,1-3H3,(H,31,35)/t25-/m1/s1. The average molecular weight is 570 g/mol. The highest BCUT2D eigenvalue weighted by Crippen LogP contribution is 2.34. The van der Waals surface area contributed by atoms with Crippen molar-refractivity contribution in [2.75, 3.05) is 31.1 Å². The average Bonchev–Trinajstić information content (AvgIpc) is 2.95. The number of hydrogen-bond acceptors (Lipinski definition) is 6. The van der Waals surface area contributed by atoms with Crippen molar-refractivity contribution >= 4 is 27.5 Å². The van der Waals surface area contributed by atoms with Crippen molar-refractivity contribution in [3.8, 4) is 11.5 Å². The van der Waals surface area contributed by atoms with Crippen molar-refractivity contribution in [3.05, 3.63) is 83.7 Å². The van der Waals surface area contributed by atoms with E-state index in [-0.39, 0.29) is 35.4 Å². The lowest BCUT2D eigenvalue weighted by Crippen LogP contribution is -2.51. The zero-order chi connectivity index (χ0) is 28.9. The Bertz CT molecular complexity index is 1480. The van der Waals surface area contributed by atoms with E-state index in [1.54, 1.807) is 6.92 Å². The van der Waals surface area contributed by atoms with Gasteiger partial charge in [-0.2, -0.15) is 0 Å². The van der Waals surface area contributed by atoms with Gasteiger partial charge in [0.1, 0.15) is 31.6 Å². The summed E-state index contributed by atoms with van der Waals surface area (Å²) in [5, 5.41) is 2.59.